The summed E-state index contributed by atoms with van der Waals surface area (Å²) in [6.07, 6.45) is 5.27. The molecule has 4 rings (SSSR count). The van der Waals surface area contributed by atoms with Crippen molar-refractivity contribution in [3.63, 3.8) is 0 Å². The monoisotopic (exact) mass is 1030 g/mol. The van der Waals surface area contributed by atoms with Gasteiger partial charge in [0.05, 0.1) is 58.3 Å². The number of esters is 6. The highest BCUT2D eigenvalue weighted by atomic mass is 16.7. The second kappa shape index (κ2) is 22.3. The van der Waals surface area contributed by atoms with Crippen molar-refractivity contribution in [2.24, 2.45) is 37.9 Å². The SMILES string of the molecule is C#CCCC(=O)C(C)(COC(=O)C(C)(COC(=O)C1(C)COC(C)(C)OC1)COC(=O)C1(C)COC(C)(C)OC1)COC(=O)C(C)(COC(=O)C1(C)COC(C)(C)OC1)COC(=O)C1(C)COC(C)(C)OC1. The number of hydrogen-bond donors (Lipinski definition) is 0. The summed E-state index contributed by atoms with van der Waals surface area (Å²) in [4.78, 5) is 97.0. The second-order valence-electron chi connectivity index (χ2n) is 23.4. The van der Waals surface area contributed by atoms with Crippen LogP contribution in [0.25, 0.3) is 0 Å². The second-order valence-corrected chi connectivity index (χ2v) is 23.4. The number of ether oxygens (including phenoxy) is 14. The van der Waals surface area contributed by atoms with Crippen molar-refractivity contribution in [3.8, 4) is 12.3 Å². The molecule has 4 heterocycles. The van der Waals surface area contributed by atoms with Gasteiger partial charge in [-0.3, -0.25) is 33.6 Å². The molecule has 0 amide bonds. The Morgan fingerprint density at radius 1 is 0.389 bits per heavy atom. The van der Waals surface area contributed by atoms with Crippen LogP contribution >= 0.6 is 0 Å². The number of hydrogen-bond acceptors (Lipinski definition) is 21. The molecule has 21 nitrogen and oxygen atoms in total. The van der Waals surface area contributed by atoms with E-state index in [0.29, 0.717) is 0 Å². The molecule has 4 fully saturated rings. The average Bonchev–Trinajstić information content (AvgIpc) is 3.32. The highest BCUT2D eigenvalue weighted by Gasteiger charge is 2.51. The highest BCUT2D eigenvalue weighted by Crippen LogP contribution is 2.37. The first-order valence-electron chi connectivity index (χ1n) is 24.0. The van der Waals surface area contributed by atoms with Crippen molar-refractivity contribution in [2.75, 3.05) is 92.5 Å². The lowest BCUT2D eigenvalue weighted by Gasteiger charge is -2.41. The normalized spacial score (nSPS) is 22.6. The molecule has 0 spiro atoms. The fourth-order valence-corrected chi connectivity index (χ4v) is 6.87. The van der Waals surface area contributed by atoms with Crippen molar-refractivity contribution in [1.82, 2.24) is 0 Å². The molecule has 4 aliphatic rings. The van der Waals surface area contributed by atoms with Gasteiger partial charge in [-0.05, 0) is 104 Å². The molecule has 0 unspecified atom stereocenters. The first kappa shape index (κ1) is 60.3. The summed E-state index contributed by atoms with van der Waals surface area (Å²) in [6, 6.07) is 0. The van der Waals surface area contributed by atoms with Gasteiger partial charge in [-0.1, -0.05) is 0 Å². The summed E-state index contributed by atoms with van der Waals surface area (Å²) >= 11 is 0. The number of terminal acetylenes is 1. The minimum absolute atomic E-state index is 0.0247. The van der Waals surface area contributed by atoms with Gasteiger partial charge in [-0.15, -0.1) is 12.3 Å². The number of Topliss-reactive ketones (excluding diaryl/α,β-unsaturated/α-hetero) is 1. The summed E-state index contributed by atoms with van der Waals surface area (Å²) < 4.78 is 80.2. The van der Waals surface area contributed by atoms with Gasteiger partial charge < -0.3 is 66.3 Å². The molecule has 0 atom stereocenters. The Bertz CT molecular complexity index is 1790. The quantitative estimate of drug-likeness (QED) is 0.0878. The zero-order valence-electron chi connectivity index (χ0n) is 45.0. The van der Waals surface area contributed by atoms with Gasteiger partial charge in [0, 0.05) is 12.8 Å². The third kappa shape index (κ3) is 15.4. The van der Waals surface area contributed by atoms with E-state index in [1.54, 1.807) is 83.1 Å². The molecule has 0 aromatic rings. The van der Waals surface area contributed by atoms with E-state index >= 15 is 0 Å². The van der Waals surface area contributed by atoms with Gasteiger partial charge in [-0.2, -0.15) is 0 Å². The number of carbonyl (C=O) groups is 7. The van der Waals surface area contributed by atoms with Gasteiger partial charge >= 0.3 is 35.8 Å². The van der Waals surface area contributed by atoms with Crippen molar-refractivity contribution >= 4 is 41.6 Å². The Balaban J connectivity index is 1.57. The lowest BCUT2D eigenvalue weighted by atomic mass is 9.84. The molecular formula is C51H78O21. The average molecular weight is 1030 g/mol. The zero-order valence-corrected chi connectivity index (χ0v) is 45.0. The molecule has 4 saturated heterocycles. The standard InChI is InChI=1S/C51H78O21/c1-17-18-19-34(52)45(10,20-59-35(53)46(11,22-61-37(55)48(13)26-65-41(2,3)66-27-48)23-62-38(56)49(14)28-67-42(4,5)68-29-49)21-60-36(54)47(12,24-63-39(57)50(15)30-69-43(6,7)70-31-50)25-64-40(58)51(16)32-71-44(8,9)72-33-51/h1H,18-33H2,2-16H3. The van der Waals surface area contributed by atoms with Crippen molar-refractivity contribution < 1.29 is 99.9 Å². The molecule has 0 radical (unpaired) electrons. The molecule has 408 valence electrons. The van der Waals surface area contributed by atoms with Crippen molar-refractivity contribution in [3.05, 3.63) is 0 Å². The van der Waals surface area contributed by atoms with E-state index < -0.39 is 142 Å². The molecular weight excluding hydrogens is 949 g/mol. The Labute approximate surface area is 423 Å². The Morgan fingerprint density at radius 2 is 0.597 bits per heavy atom. The number of ketones is 1. The first-order valence-corrected chi connectivity index (χ1v) is 24.0. The molecule has 72 heavy (non-hydrogen) atoms. The molecule has 0 aromatic heterocycles. The largest absolute Gasteiger partial charge is 0.464 e. The Kier molecular flexibility index (Phi) is 18.7. The van der Waals surface area contributed by atoms with E-state index in [0.717, 1.165) is 0 Å². The van der Waals surface area contributed by atoms with Crippen LogP contribution in [0.2, 0.25) is 0 Å². The third-order valence-corrected chi connectivity index (χ3v) is 13.2. The van der Waals surface area contributed by atoms with Gasteiger partial charge in [0.25, 0.3) is 0 Å². The predicted molar refractivity (Wildman–Crippen MR) is 250 cm³/mol. The van der Waals surface area contributed by atoms with Crippen LogP contribution in [0, 0.1) is 50.2 Å². The summed E-state index contributed by atoms with van der Waals surface area (Å²) in [5, 5.41) is 0. The predicted octanol–water partition coefficient (Wildman–Crippen LogP) is 4.40. The zero-order chi connectivity index (χ0) is 54.5. The maximum absolute atomic E-state index is 14.3. The van der Waals surface area contributed by atoms with Crippen LogP contribution in [0.15, 0.2) is 0 Å². The van der Waals surface area contributed by atoms with Crippen LogP contribution in [-0.2, 0) is 99.9 Å². The summed E-state index contributed by atoms with van der Waals surface area (Å²) in [7, 11) is 0. The van der Waals surface area contributed by atoms with Crippen LogP contribution in [0.5, 0.6) is 0 Å². The minimum Gasteiger partial charge on any atom is -0.464 e. The molecule has 0 aliphatic carbocycles. The smallest absolute Gasteiger partial charge is 0.318 e. The van der Waals surface area contributed by atoms with E-state index in [9.17, 15) is 33.6 Å². The van der Waals surface area contributed by atoms with Crippen LogP contribution < -0.4 is 0 Å². The van der Waals surface area contributed by atoms with Gasteiger partial charge in [0.1, 0.15) is 77.9 Å². The fraction of sp³-hybridized carbons (Fsp3) is 0.824. The van der Waals surface area contributed by atoms with E-state index in [1.807, 2.05) is 0 Å². The number of rotatable bonds is 21. The lowest BCUT2D eigenvalue weighted by Crippen LogP contribution is -2.52. The van der Waals surface area contributed by atoms with E-state index in [2.05, 4.69) is 5.92 Å². The van der Waals surface area contributed by atoms with Crippen molar-refractivity contribution in [2.45, 2.75) is 140 Å². The Morgan fingerprint density at radius 3 is 0.806 bits per heavy atom. The topological polar surface area (TPSA) is 249 Å². The maximum Gasteiger partial charge on any atom is 0.318 e. The van der Waals surface area contributed by atoms with Gasteiger partial charge in [0.15, 0.2) is 23.1 Å². The van der Waals surface area contributed by atoms with Crippen LogP contribution in [0.3, 0.4) is 0 Å². The molecule has 0 bridgehead atoms. The van der Waals surface area contributed by atoms with Crippen LogP contribution in [0.4, 0.5) is 0 Å². The van der Waals surface area contributed by atoms with E-state index in [1.165, 1.54) is 20.8 Å². The van der Waals surface area contributed by atoms with Gasteiger partial charge in [-0.25, -0.2) is 0 Å². The van der Waals surface area contributed by atoms with Crippen LogP contribution in [0.1, 0.15) is 117 Å². The van der Waals surface area contributed by atoms with Crippen molar-refractivity contribution in [1.29, 1.82) is 0 Å². The van der Waals surface area contributed by atoms with E-state index in [-0.39, 0.29) is 65.7 Å². The molecule has 21 heteroatoms. The number of carbonyl (C=O) groups excluding carboxylic acids is 7. The third-order valence-electron chi connectivity index (χ3n) is 13.2. The minimum atomic E-state index is -1.89. The van der Waals surface area contributed by atoms with E-state index in [4.69, 9.17) is 72.7 Å². The molecule has 0 saturated carbocycles. The molecule has 0 N–H and O–H groups in total. The summed E-state index contributed by atoms with van der Waals surface area (Å²) in [5.41, 5.74) is -10.7. The van der Waals surface area contributed by atoms with Crippen LogP contribution in [-0.4, -0.2) is 157 Å². The molecule has 0 aromatic carbocycles. The first-order chi connectivity index (χ1) is 32.9. The summed E-state index contributed by atoms with van der Waals surface area (Å²) in [5.74, 6) is -7.18. The Hall–Kier alpha value is -4.27. The lowest BCUT2D eigenvalue weighted by molar-refractivity contribution is -0.283. The summed E-state index contributed by atoms with van der Waals surface area (Å²) in [6.45, 7) is 19.3. The van der Waals surface area contributed by atoms with Gasteiger partial charge in [0.2, 0.25) is 0 Å². The molecule has 4 aliphatic heterocycles. The fourth-order valence-electron chi connectivity index (χ4n) is 6.87. The maximum atomic E-state index is 14.3. The highest BCUT2D eigenvalue weighted by molar-refractivity contribution is 5.87.